The maximum Gasteiger partial charge on any atom is 0.345 e. The van der Waals surface area contributed by atoms with E-state index in [-0.39, 0.29) is 10.1 Å². The highest BCUT2D eigenvalue weighted by atomic mass is 32.1. The molecule has 2 aromatic rings. The maximum absolute atomic E-state index is 11.5. The molecule has 0 saturated heterocycles. The first kappa shape index (κ1) is 12.9. The number of hydrogen-bond donors (Lipinski definition) is 2. The number of carbonyl (C=O) groups excluding carboxylic acids is 1. The third-order valence-electron chi connectivity index (χ3n) is 2.10. The highest BCUT2D eigenvalue weighted by Gasteiger charge is 2.12. The van der Waals surface area contributed by atoms with E-state index in [2.05, 4.69) is 20.6 Å². The Morgan fingerprint density at radius 1 is 1.42 bits per heavy atom. The minimum Gasteiger partial charge on any atom is -0.334 e. The molecule has 2 N–H and O–H groups in total. The quantitative estimate of drug-likeness (QED) is 0.654. The molecule has 19 heavy (non-hydrogen) atoms. The Balaban J connectivity index is 1.85. The van der Waals surface area contributed by atoms with Gasteiger partial charge >= 0.3 is 11.0 Å². The van der Waals surface area contributed by atoms with Crippen molar-refractivity contribution in [2.75, 3.05) is 5.32 Å². The van der Waals surface area contributed by atoms with Crippen molar-refractivity contribution in [1.82, 2.24) is 15.3 Å². The standard InChI is InChI=1S/C10H9N5O3S/c16-9(12-5-7-1-3-11-4-2-7)14-10-13-6-8(19-10)15(17)18/h1-4,6H,5H2,(H2,12,13,14,16). The summed E-state index contributed by atoms with van der Waals surface area (Å²) >= 11 is 0.799. The number of amides is 2. The number of thiazole rings is 1. The molecular formula is C10H9N5O3S. The van der Waals surface area contributed by atoms with Crippen LogP contribution in [0.1, 0.15) is 5.56 Å². The molecule has 0 fully saturated rings. The molecule has 2 amide bonds. The van der Waals surface area contributed by atoms with Gasteiger partial charge in [0.15, 0.2) is 5.13 Å². The molecule has 8 nitrogen and oxygen atoms in total. The Bertz CT molecular complexity index is 586. The van der Waals surface area contributed by atoms with Gasteiger partial charge in [-0.1, -0.05) is 0 Å². The average Bonchev–Trinajstić information content (AvgIpc) is 2.86. The fraction of sp³-hybridized carbons (Fsp3) is 0.100. The molecule has 0 aliphatic carbocycles. The fourth-order valence-electron chi connectivity index (χ4n) is 1.23. The number of nitrogens with zero attached hydrogens (tertiary/aromatic N) is 3. The summed E-state index contributed by atoms with van der Waals surface area (Å²) < 4.78 is 0. The number of pyridine rings is 1. The monoisotopic (exact) mass is 279 g/mol. The zero-order chi connectivity index (χ0) is 13.7. The van der Waals surface area contributed by atoms with Crippen LogP contribution in [0, 0.1) is 10.1 Å². The summed E-state index contributed by atoms with van der Waals surface area (Å²) in [7, 11) is 0. The van der Waals surface area contributed by atoms with E-state index in [1.54, 1.807) is 24.5 Å². The lowest BCUT2D eigenvalue weighted by Gasteiger charge is -2.04. The number of nitrogens with one attached hydrogen (secondary N) is 2. The van der Waals surface area contributed by atoms with Gasteiger partial charge in [0.25, 0.3) is 0 Å². The molecule has 0 unspecified atom stereocenters. The van der Waals surface area contributed by atoms with Crippen LogP contribution in [0.15, 0.2) is 30.7 Å². The van der Waals surface area contributed by atoms with Crippen LogP contribution in [-0.4, -0.2) is 20.9 Å². The summed E-state index contributed by atoms with van der Waals surface area (Å²) in [6.45, 7) is 0.335. The predicted octanol–water partition coefficient (Wildman–Crippen LogP) is 1.77. The highest BCUT2D eigenvalue weighted by molar-refractivity contribution is 7.18. The molecule has 0 bridgehead atoms. The van der Waals surface area contributed by atoms with Crippen LogP contribution in [-0.2, 0) is 6.54 Å². The van der Waals surface area contributed by atoms with E-state index < -0.39 is 11.0 Å². The van der Waals surface area contributed by atoms with E-state index in [0.717, 1.165) is 23.1 Å². The van der Waals surface area contributed by atoms with E-state index in [1.807, 2.05) is 0 Å². The number of nitro groups is 1. The van der Waals surface area contributed by atoms with Crippen molar-refractivity contribution in [2.45, 2.75) is 6.54 Å². The second-order valence-corrected chi connectivity index (χ2v) is 4.43. The van der Waals surface area contributed by atoms with Crippen LogP contribution in [0.3, 0.4) is 0 Å². The minimum absolute atomic E-state index is 0.121. The molecule has 0 spiro atoms. The molecule has 0 aliphatic rings. The summed E-state index contributed by atoms with van der Waals surface area (Å²) in [6.07, 6.45) is 4.35. The molecule has 0 atom stereocenters. The third kappa shape index (κ3) is 3.71. The Labute approximate surface area is 111 Å². The third-order valence-corrected chi connectivity index (χ3v) is 2.96. The Morgan fingerprint density at radius 3 is 2.79 bits per heavy atom. The van der Waals surface area contributed by atoms with E-state index in [4.69, 9.17) is 0 Å². The molecule has 2 aromatic heterocycles. The summed E-state index contributed by atoms with van der Waals surface area (Å²) in [6, 6.07) is 3.07. The zero-order valence-corrected chi connectivity index (χ0v) is 10.4. The molecule has 2 rings (SSSR count). The smallest absolute Gasteiger partial charge is 0.334 e. The number of aromatic nitrogens is 2. The lowest BCUT2D eigenvalue weighted by molar-refractivity contribution is -0.380. The number of urea groups is 1. The van der Waals surface area contributed by atoms with Crippen molar-refractivity contribution in [3.63, 3.8) is 0 Å². The Hall–Kier alpha value is -2.55. The van der Waals surface area contributed by atoms with Crippen molar-refractivity contribution < 1.29 is 9.72 Å². The van der Waals surface area contributed by atoms with E-state index in [9.17, 15) is 14.9 Å². The molecule has 98 valence electrons. The van der Waals surface area contributed by atoms with Gasteiger partial charge in [0.2, 0.25) is 0 Å². The Kier molecular flexibility index (Phi) is 3.98. The summed E-state index contributed by atoms with van der Waals surface area (Å²) in [5.41, 5.74) is 0.898. The highest BCUT2D eigenvalue weighted by Crippen LogP contribution is 2.24. The average molecular weight is 279 g/mol. The molecule has 0 aromatic carbocycles. The van der Waals surface area contributed by atoms with Gasteiger partial charge in [0, 0.05) is 18.9 Å². The van der Waals surface area contributed by atoms with Gasteiger partial charge in [-0.3, -0.25) is 20.4 Å². The summed E-state index contributed by atoms with van der Waals surface area (Å²) in [5.74, 6) is 0. The second kappa shape index (κ2) is 5.87. The van der Waals surface area contributed by atoms with Crippen molar-refractivity contribution in [1.29, 1.82) is 0 Å². The molecular weight excluding hydrogens is 270 g/mol. The number of hydrogen-bond acceptors (Lipinski definition) is 6. The van der Waals surface area contributed by atoms with Crippen LogP contribution < -0.4 is 10.6 Å². The first-order valence-electron chi connectivity index (χ1n) is 5.19. The zero-order valence-electron chi connectivity index (χ0n) is 9.57. The predicted molar refractivity (Wildman–Crippen MR) is 68.9 cm³/mol. The number of anilines is 1. The SMILES string of the molecule is O=C(NCc1ccncc1)Nc1ncc([N+](=O)[O-])s1. The molecule has 2 heterocycles. The van der Waals surface area contributed by atoms with Crippen LogP contribution in [0.4, 0.5) is 14.9 Å². The largest absolute Gasteiger partial charge is 0.345 e. The van der Waals surface area contributed by atoms with E-state index in [1.165, 1.54) is 0 Å². The fourth-order valence-corrected chi connectivity index (χ4v) is 1.86. The normalized spacial score (nSPS) is 9.89. The minimum atomic E-state index is -0.558. The van der Waals surface area contributed by atoms with Gasteiger partial charge in [0.1, 0.15) is 6.20 Å². The van der Waals surface area contributed by atoms with Gasteiger partial charge < -0.3 is 5.32 Å². The summed E-state index contributed by atoms with van der Waals surface area (Å²) in [4.78, 5) is 29.0. The van der Waals surface area contributed by atoms with Crippen LogP contribution in [0.5, 0.6) is 0 Å². The maximum atomic E-state index is 11.5. The second-order valence-electron chi connectivity index (χ2n) is 3.42. The molecule has 0 aliphatic heterocycles. The van der Waals surface area contributed by atoms with Crippen LogP contribution in [0.2, 0.25) is 0 Å². The van der Waals surface area contributed by atoms with Gasteiger partial charge in [-0.2, -0.15) is 0 Å². The van der Waals surface area contributed by atoms with E-state index in [0.29, 0.717) is 6.54 Å². The topological polar surface area (TPSA) is 110 Å². The van der Waals surface area contributed by atoms with Crippen LogP contribution >= 0.6 is 11.3 Å². The van der Waals surface area contributed by atoms with Crippen LogP contribution in [0.25, 0.3) is 0 Å². The molecule has 9 heteroatoms. The van der Waals surface area contributed by atoms with E-state index >= 15 is 0 Å². The van der Waals surface area contributed by atoms with Crippen molar-refractivity contribution in [3.8, 4) is 0 Å². The van der Waals surface area contributed by atoms with Gasteiger partial charge in [-0.15, -0.1) is 0 Å². The van der Waals surface area contributed by atoms with Gasteiger partial charge in [-0.05, 0) is 29.0 Å². The van der Waals surface area contributed by atoms with Crippen molar-refractivity contribution >= 4 is 27.5 Å². The molecule has 0 radical (unpaired) electrons. The van der Waals surface area contributed by atoms with Crippen molar-refractivity contribution in [3.05, 3.63) is 46.4 Å². The lowest BCUT2D eigenvalue weighted by atomic mass is 10.3. The Morgan fingerprint density at radius 2 is 2.16 bits per heavy atom. The van der Waals surface area contributed by atoms with Crippen molar-refractivity contribution in [2.24, 2.45) is 0 Å². The summed E-state index contributed by atoms with van der Waals surface area (Å²) in [5, 5.41) is 15.5. The first-order valence-corrected chi connectivity index (χ1v) is 6.01. The van der Waals surface area contributed by atoms with Gasteiger partial charge in [0.05, 0.1) is 4.92 Å². The molecule has 0 saturated carbocycles. The van der Waals surface area contributed by atoms with Gasteiger partial charge in [-0.25, -0.2) is 9.78 Å². The number of carbonyl (C=O) groups is 1. The lowest BCUT2D eigenvalue weighted by Crippen LogP contribution is -2.28. The first-order chi connectivity index (χ1) is 9.15. The number of rotatable bonds is 4.